The average molecular weight is 548 g/mol. The molecule has 3 atom stereocenters. The van der Waals surface area contributed by atoms with Crippen LogP contribution in [0.25, 0.3) is 0 Å². The maximum absolute atomic E-state index is 14.3. The van der Waals surface area contributed by atoms with E-state index in [9.17, 15) is 19.2 Å². The first kappa shape index (κ1) is 29.3. The molecule has 8 nitrogen and oxygen atoms in total. The van der Waals surface area contributed by atoms with Crippen LogP contribution in [0.5, 0.6) is 0 Å². The molecule has 2 aliphatic rings. The number of ketones is 1. The normalized spacial score (nSPS) is 20.9. The van der Waals surface area contributed by atoms with E-state index < -0.39 is 35.0 Å². The molecule has 0 fully saturated rings. The number of nitrogens with zero attached hydrogens (tertiary/aromatic N) is 2. The van der Waals surface area contributed by atoms with Crippen LogP contribution in [0.4, 0.5) is 5.69 Å². The number of Topliss-reactive ketones (excluding diaryl/α,β-unsaturated/α-hetero) is 1. The van der Waals surface area contributed by atoms with Gasteiger partial charge in [-0.15, -0.1) is 0 Å². The van der Waals surface area contributed by atoms with Gasteiger partial charge in [-0.1, -0.05) is 56.3 Å². The Kier molecular flexibility index (Phi) is 8.11. The number of anilines is 1. The van der Waals surface area contributed by atoms with E-state index in [-0.39, 0.29) is 30.4 Å². The summed E-state index contributed by atoms with van der Waals surface area (Å²) in [7, 11) is 1.34. The summed E-state index contributed by atoms with van der Waals surface area (Å²) in [6.07, 6.45) is 0.794. The largest absolute Gasteiger partial charge is 0.469 e. The van der Waals surface area contributed by atoms with E-state index in [1.54, 1.807) is 4.90 Å². The molecule has 1 N–H and O–H groups in total. The third-order valence-corrected chi connectivity index (χ3v) is 8.18. The zero-order valence-corrected chi connectivity index (χ0v) is 24.6. The van der Waals surface area contributed by atoms with E-state index in [1.807, 2.05) is 88.0 Å². The van der Waals surface area contributed by atoms with Crippen LogP contribution in [0.3, 0.4) is 0 Å². The summed E-state index contributed by atoms with van der Waals surface area (Å²) in [6, 6.07) is 14.3. The predicted molar refractivity (Wildman–Crippen MR) is 154 cm³/mol. The summed E-state index contributed by atoms with van der Waals surface area (Å²) in [4.78, 5) is 57.9. The second kappa shape index (κ2) is 11.1. The Morgan fingerprint density at radius 1 is 1.00 bits per heavy atom. The summed E-state index contributed by atoms with van der Waals surface area (Å²) in [6.45, 7) is 11.5. The molecule has 2 aromatic rings. The van der Waals surface area contributed by atoms with E-state index in [0.717, 1.165) is 22.4 Å². The topological polar surface area (TPSA) is 96.0 Å². The number of carbonyl (C=O) groups excluding carboxylic acids is 4. The third-order valence-electron chi connectivity index (χ3n) is 8.18. The molecule has 214 valence electrons. The molecule has 2 amide bonds. The monoisotopic (exact) mass is 547 g/mol. The van der Waals surface area contributed by atoms with Crippen molar-refractivity contribution < 1.29 is 23.9 Å². The van der Waals surface area contributed by atoms with Crippen molar-refractivity contribution in [1.82, 2.24) is 10.2 Å². The number of benzene rings is 2. The first-order valence-electron chi connectivity index (χ1n) is 14.0. The summed E-state index contributed by atoms with van der Waals surface area (Å²) in [5.41, 5.74) is 1.83. The number of hydrogen-bond acceptors (Lipinski definition) is 6. The minimum atomic E-state index is -1.49. The predicted octanol–water partition coefficient (Wildman–Crippen LogP) is 3.83. The lowest BCUT2D eigenvalue weighted by Crippen LogP contribution is -2.69. The average Bonchev–Trinajstić information content (AvgIpc) is 3.28. The molecule has 0 saturated heterocycles. The van der Waals surface area contributed by atoms with Crippen molar-refractivity contribution in [2.24, 2.45) is 5.92 Å². The smallest absolute Gasteiger partial charge is 0.307 e. The summed E-state index contributed by atoms with van der Waals surface area (Å²) in [5.74, 6) is -1.69. The van der Waals surface area contributed by atoms with Crippen LogP contribution in [0.15, 0.2) is 48.5 Å². The lowest BCUT2D eigenvalue weighted by Gasteiger charge is -2.46. The van der Waals surface area contributed by atoms with Gasteiger partial charge >= 0.3 is 5.97 Å². The highest BCUT2D eigenvalue weighted by molar-refractivity contribution is 6.15. The van der Waals surface area contributed by atoms with Crippen molar-refractivity contribution in [1.29, 1.82) is 0 Å². The Morgan fingerprint density at radius 2 is 1.60 bits per heavy atom. The Hall–Kier alpha value is -3.68. The molecular weight excluding hydrogens is 506 g/mol. The number of esters is 1. The van der Waals surface area contributed by atoms with Crippen LogP contribution in [0.2, 0.25) is 0 Å². The van der Waals surface area contributed by atoms with Crippen molar-refractivity contribution in [3.8, 4) is 0 Å². The van der Waals surface area contributed by atoms with Gasteiger partial charge in [0, 0.05) is 30.2 Å². The molecule has 4 rings (SSSR count). The Bertz CT molecular complexity index is 1310. The lowest BCUT2D eigenvalue weighted by atomic mass is 9.85. The van der Waals surface area contributed by atoms with Crippen LogP contribution < -0.4 is 10.2 Å². The molecule has 0 spiro atoms. The second-order valence-electron chi connectivity index (χ2n) is 12.3. The fourth-order valence-electron chi connectivity index (χ4n) is 6.25. The number of fused-ring (bicyclic) bond motifs is 2. The summed E-state index contributed by atoms with van der Waals surface area (Å²) >= 11 is 0. The first-order valence-corrected chi connectivity index (χ1v) is 14.0. The zero-order chi connectivity index (χ0) is 29.4. The minimum Gasteiger partial charge on any atom is -0.469 e. The molecule has 0 aliphatic carbocycles. The van der Waals surface area contributed by atoms with Gasteiger partial charge < -0.3 is 19.9 Å². The van der Waals surface area contributed by atoms with Gasteiger partial charge in [0.1, 0.15) is 6.04 Å². The van der Waals surface area contributed by atoms with Gasteiger partial charge in [-0.2, -0.15) is 0 Å². The molecule has 2 heterocycles. The van der Waals surface area contributed by atoms with E-state index in [1.165, 1.54) is 14.0 Å². The Balaban J connectivity index is 1.69. The van der Waals surface area contributed by atoms with Crippen molar-refractivity contribution in [3.63, 3.8) is 0 Å². The fraction of sp³-hybridized carbons (Fsp3) is 0.500. The quantitative estimate of drug-likeness (QED) is 0.418. The maximum Gasteiger partial charge on any atom is 0.307 e. The van der Waals surface area contributed by atoms with E-state index in [0.29, 0.717) is 13.0 Å². The number of rotatable bonds is 7. The van der Waals surface area contributed by atoms with E-state index >= 15 is 0 Å². The van der Waals surface area contributed by atoms with Gasteiger partial charge in [0.2, 0.25) is 5.91 Å². The zero-order valence-electron chi connectivity index (χ0n) is 24.6. The molecule has 0 unspecified atom stereocenters. The number of nitrogens with one attached hydrogen (secondary N) is 1. The number of carbonyl (C=O) groups is 4. The fourth-order valence-corrected chi connectivity index (χ4v) is 6.25. The van der Waals surface area contributed by atoms with Gasteiger partial charge in [0.25, 0.3) is 5.91 Å². The molecule has 0 aromatic heterocycles. The summed E-state index contributed by atoms with van der Waals surface area (Å²) in [5, 5.41) is 3.02. The SMILES string of the molecule is COC(=O)C[C@H]1Cc2ccccc2CN1C(=O)[C@@H](NC(=O)[C@]1(C(C)=O)Cc2ccccc2N1C(C)(C)C)C(C)C. The van der Waals surface area contributed by atoms with Crippen LogP contribution in [-0.2, 0) is 43.3 Å². The number of methoxy groups -OCH3 is 1. The highest BCUT2D eigenvalue weighted by Crippen LogP contribution is 2.44. The van der Waals surface area contributed by atoms with Crippen LogP contribution in [0, 0.1) is 5.92 Å². The Labute approximate surface area is 237 Å². The number of ether oxygens (including phenoxy) is 1. The maximum atomic E-state index is 14.3. The van der Waals surface area contributed by atoms with E-state index in [2.05, 4.69) is 5.32 Å². The molecule has 40 heavy (non-hydrogen) atoms. The van der Waals surface area contributed by atoms with Gasteiger partial charge in [-0.05, 0) is 62.8 Å². The molecule has 0 radical (unpaired) electrons. The number of para-hydroxylation sites is 1. The molecule has 8 heteroatoms. The van der Waals surface area contributed by atoms with Crippen LogP contribution in [-0.4, -0.2) is 58.7 Å². The first-order chi connectivity index (χ1) is 18.8. The number of amides is 2. The van der Waals surface area contributed by atoms with Crippen molar-refractivity contribution in [3.05, 3.63) is 65.2 Å². The van der Waals surface area contributed by atoms with E-state index in [4.69, 9.17) is 4.74 Å². The highest BCUT2D eigenvalue weighted by atomic mass is 16.5. The van der Waals surface area contributed by atoms with Gasteiger partial charge in [-0.3, -0.25) is 19.2 Å². The van der Waals surface area contributed by atoms with Crippen molar-refractivity contribution >= 4 is 29.3 Å². The second-order valence-corrected chi connectivity index (χ2v) is 12.3. The van der Waals surface area contributed by atoms with Crippen molar-refractivity contribution in [2.45, 2.75) is 90.5 Å². The van der Waals surface area contributed by atoms with Gasteiger partial charge in [-0.25, -0.2) is 0 Å². The molecule has 0 saturated carbocycles. The lowest BCUT2D eigenvalue weighted by molar-refractivity contribution is -0.147. The van der Waals surface area contributed by atoms with Gasteiger partial charge in [0.15, 0.2) is 11.3 Å². The highest BCUT2D eigenvalue weighted by Gasteiger charge is 2.57. The van der Waals surface area contributed by atoms with Crippen LogP contribution in [0.1, 0.15) is 64.7 Å². The van der Waals surface area contributed by atoms with Gasteiger partial charge in [0.05, 0.1) is 13.5 Å². The minimum absolute atomic E-state index is 0.0554. The standard InChI is InChI=1S/C32H41N3O5/c1-20(2)28(29(38)34-19-24-14-9-8-12-22(24)16-25(34)17-27(37)40-7)33-30(39)32(21(3)36)18-23-13-10-11-15-26(23)35(32)31(4,5)6/h8-15,20,25,28H,16-19H2,1-7H3,(H,33,39)/t25-,28+,32-/m1/s1. The van der Waals surface area contributed by atoms with Crippen molar-refractivity contribution in [2.75, 3.05) is 12.0 Å². The number of hydrogen-bond donors (Lipinski definition) is 1. The summed E-state index contributed by atoms with van der Waals surface area (Å²) < 4.78 is 4.93. The molecule has 0 bridgehead atoms. The molecular formula is C32H41N3O5. The Morgan fingerprint density at radius 3 is 2.17 bits per heavy atom. The third kappa shape index (κ3) is 5.23. The molecule has 2 aliphatic heterocycles. The molecule has 2 aromatic carbocycles. The van der Waals surface area contributed by atoms with Crippen LogP contribution >= 0.6 is 0 Å².